The van der Waals surface area contributed by atoms with Crippen molar-refractivity contribution in [3.8, 4) is 11.5 Å². The number of H-pyrrole nitrogens is 2. The van der Waals surface area contributed by atoms with Crippen LogP contribution in [0.2, 0.25) is 5.04 Å². The molecule has 79 heavy (non-hydrogen) atoms. The molecular formula is C59H65N4O13PSeSi. The summed E-state index contributed by atoms with van der Waals surface area (Å²) in [6, 6.07) is 45.8. The Morgan fingerprint density at radius 1 is 0.646 bits per heavy atom. The molecule has 3 aliphatic rings. The number of hydrogen-bond acceptors (Lipinski definition) is 13. The van der Waals surface area contributed by atoms with Gasteiger partial charge in [0, 0.05) is 0 Å². The zero-order valence-corrected chi connectivity index (χ0v) is 48.7. The van der Waals surface area contributed by atoms with Gasteiger partial charge in [-0.15, -0.1) is 0 Å². The van der Waals surface area contributed by atoms with Gasteiger partial charge in [0.1, 0.15) is 0 Å². The second-order valence-electron chi connectivity index (χ2n) is 21.1. The number of aromatic nitrogens is 4. The van der Waals surface area contributed by atoms with Gasteiger partial charge in [-0.05, 0) is 0 Å². The molecule has 2 aromatic heterocycles. The van der Waals surface area contributed by atoms with Crippen LogP contribution in [0.1, 0.15) is 80.3 Å². The molecule has 1 unspecified atom stereocenters. The topological polar surface area (TPSA) is 193 Å². The molecule has 0 bridgehead atoms. The Balaban J connectivity index is 1.02. The fourth-order valence-electron chi connectivity index (χ4n) is 11.2. The quantitative estimate of drug-likeness (QED) is 0.0526. The van der Waals surface area contributed by atoms with Crippen LogP contribution in [0.25, 0.3) is 0 Å². The summed E-state index contributed by atoms with van der Waals surface area (Å²) >= 11 is 3.18. The maximum atomic E-state index is 13.6. The van der Waals surface area contributed by atoms with Crippen molar-refractivity contribution in [2.45, 2.75) is 107 Å². The molecular weight excluding hydrogens is 1110 g/mol. The molecule has 0 spiro atoms. The Kier molecular flexibility index (Phi) is 16.5. The average molecular weight is 1180 g/mol. The van der Waals surface area contributed by atoms with E-state index in [1.54, 1.807) is 28.1 Å². The minimum absolute atomic E-state index is 0.0796. The fourth-order valence-corrected chi connectivity index (χ4v) is 19.4. The van der Waals surface area contributed by atoms with Crippen LogP contribution >= 0.6 is 6.63 Å². The van der Waals surface area contributed by atoms with E-state index in [4.69, 9.17) is 41.7 Å². The van der Waals surface area contributed by atoms with Gasteiger partial charge in [0.05, 0.1) is 14.2 Å². The standard InChI is InChI=1S/C59H65N4O13PSeSi/c1-38-35-62(56(66)60-54(38)64)51-33-48(50(72-51)37-70-59(40-17-11-8-12-18-40,41-23-27-43(68-6)28-24-41)42-25-29-44(69-7)30-26-42)75-77(78)71-32-31-47(74-77)53-49(34-52(73-53)63-36-39(2)55(65)61-57(63)67)76-79(58(3,4)5,45-19-13-9-14-20-45)46-21-15-10-16-22-46/h8-30,35-36,47-53H,31-34,37H2,1-7H3,(H,60,64,66)(H,61,65,67)/t47-,48-,49-,50+,51+,52+,53+,77?/m0/s1. The normalized spacial score (nSPS) is 23.6. The molecule has 10 rings (SSSR count). The van der Waals surface area contributed by atoms with Crippen LogP contribution in [0.5, 0.6) is 11.5 Å². The zero-order valence-electron chi connectivity index (χ0n) is 45.1. The fraction of sp³-hybridized carbons (Fsp3) is 0.356. The molecule has 8 atom stereocenters. The minimum atomic E-state index is -3.48. The van der Waals surface area contributed by atoms with Gasteiger partial charge in [-0.1, -0.05) is 0 Å². The number of nitrogens with zero attached hydrogens (tertiary/aromatic N) is 2. The van der Waals surface area contributed by atoms with Crippen molar-refractivity contribution in [2.75, 3.05) is 27.4 Å². The van der Waals surface area contributed by atoms with Crippen molar-refractivity contribution in [3.05, 3.63) is 221 Å². The van der Waals surface area contributed by atoms with Crippen molar-refractivity contribution in [2.24, 2.45) is 0 Å². The third kappa shape index (κ3) is 11.2. The number of aromatic amines is 2. The van der Waals surface area contributed by atoms with Crippen LogP contribution in [0.15, 0.2) is 171 Å². The van der Waals surface area contributed by atoms with Gasteiger partial charge in [0.15, 0.2) is 0 Å². The second kappa shape index (κ2) is 23.2. The van der Waals surface area contributed by atoms with Gasteiger partial charge < -0.3 is 0 Å². The van der Waals surface area contributed by atoms with Crippen molar-refractivity contribution in [1.29, 1.82) is 0 Å². The first kappa shape index (κ1) is 56.2. The van der Waals surface area contributed by atoms with E-state index in [9.17, 15) is 19.2 Å². The molecule has 414 valence electrons. The molecule has 0 radical (unpaired) electrons. The monoisotopic (exact) mass is 1180 g/mol. The molecule has 3 saturated heterocycles. The molecule has 20 heteroatoms. The molecule has 3 aliphatic heterocycles. The van der Waals surface area contributed by atoms with Gasteiger partial charge in [-0.25, -0.2) is 0 Å². The van der Waals surface area contributed by atoms with E-state index in [-0.39, 0.29) is 26.1 Å². The van der Waals surface area contributed by atoms with Gasteiger partial charge in [-0.3, -0.25) is 0 Å². The SMILES string of the molecule is COc1ccc(C(OC[C@H]2O[C@@H](n3cc(C)c(=O)[nH]c3=O)C[C@@H]2O[P+]2([Se-])OCC[C@@H]([C@H]3O[C@@H](n4cc(C)c(=O)[nH]c4=O)C[C@@H]3O[Si](c3ccccc3)(c3ccccc3)C(C)(C)C)O2)(c2ccccc2)c2ccc(OC)cc2)cc1. The van der Waals surface area contributed by atoms with Gasteiger partial charge >= 0.3 is 455 Å². The number of rotatable bonds is 17. The van der Waals surface area contributed by atoms with E-state index in [2.05, 4.69) is 70.6 Å². The number of ether oxygens (including phenoxy) is 5. The molecule has 0 saturated carbocycles. The average Bonchev–Trinajstić information content (AvgIpc) is 4.29. The van der Waals surface area contributed by atoms with Crippen LogP contribution < -0.4 is 42.3 Å². The van der Waals surface area contributed by atoms with E-state index in [1.807, 2.05) is 115 Å². The van der Waals surface area contributed by atoms with E-state index in [0.717, 1.165) is 27.1 Å². The van der Waals surface area contributed by atoms with Gasteiger partial charge in [-0.2, -0.15) is 0 Å². The van der Waals surface area contributed by atoms with Crippen molar-refractivity contribution in [3.63, 3.8) is 0 Å². The number of benzene rings is 5. The van der Waals surface area contributed by atoms with Crippen molar-refractivity contribution in [1.82, 2.24) is 19.1 Å². The first-order chi connectivity index (χ1) is 37.9. The Labute approximate surface area is 467 Å². The Morgan fingerprint density at radius 3 is 1.61 bits per heavy atom. The molecule has 0 amide bonds. The summed E-state index contributed by atoms with van der Waals surface area (Å²) in [5, 5.41) is 1.71. The second-order valence-corrected chi connectivity index (χ2v) is 29.7. The van der Waals surface area contributed by atoms with Crippen LogP contribution in [-0.2, 0) is 37.8 Å². The predicted molar refractivity (Wildman–Crippen MR) is 303 cm³/mol. The number of aryl methyl sites for hydroxylation is 2. The zero-order chi connectivity index (χ0) is 55.7. The molecule has 7 aromatic rings. The Bertz CT molecular complexity index is 3390. The number of methoxy groups -OCH3 is 2. The van der Waals surface area contributed by atoms with E-state index in [1.165, 1.54) is 21.5 Å². The molecule has 3 fully saturated rings. The summed E-state index contributed by atoms with van der Waals surface area (Å²) in [6.45, 7) is 6.50. The summed E-state index contributed by atoms with van der Waals surface area (Å²) in [7, 11) is -0.0238. The van der Waals surface area contributed by atoms with Gasteiger partial charge in [0.25, 0.3) is 0 Å². The third-order valence-corrected chi connectivity index (χ3v) is 23.5. The Morgan fingerprint density at radius 2 is 1.11 bits per heavy atom. The van der Waals surface area contributed by atoms with E-state index >= 15 is 0 Å². The maximum absolute atomic E-state index is 13.6. The van der Waals surface area contributed by atoms with Crippen LogP contribution in [0.4, 0.5) is 0 Å². The molecule has 5 aromatic carbocycles. The van der Waals surface area contributed by atoms with E-state index in [0.29, 0.717) is 29.0 Å². The van der Waals surface area contributed by atoms with Crippen LogP contribution in [-0.4, -0.2) is 101 Å². The molecule has 2 N–H and O–H groups in total. The Hall–Kier alpha value is -6.05. The third-order valence-electron chi connectivity index (χ3n) is 15.1. The molecule has 0 aliphatic carbocycles. The van der Waals surface area contributed by atoms with Crippen LogP contribution in [0, 0.1) is 13.8 Å². The van der Waals surface area contributed by atoms with Crippen molar-refractivity contribution < 1.29 is 41.7 Å². The van der Waals surface area contributed by atoms with E-state index < -0.39 is 91.1 Å². The summed E-state index contributed by atoms with van der Waals surface area (Å²) in [5.74, 6) is 1.33. The first-order valence-corrected chi connectivity index (χ1v) is 32.0. The molecule has 5 heterocycles. The summed E-state index contributed by atoms with van der Waals surface area (Å²) in [5.41, 5.74) is -0.399. The van der Waals surface area contributed by atoms with Crippen molar-refractivity contribution >= 4 is 40.9 Å². The number of hydrogen-bond donors (Lipinski definition) is 2. The number of nitrogens with one attached hydrogen (secondary N) is 2. The summed E-state index contributed by atoms with van der Waals surface area (Å²) in [6.07, 6.45) is -1.83. The van der Waals surface area contributed by atoms with Gasteiger partial charge in [0.2, 0.25) is 0 Å². The predicted octanol–water partition coefficient (Wildman–Crippen LogP) is 7.29. The first-order valence-electron chi connectivity index (χ1n) is 26.3. The van der Waals surface area contributed by atoms with Crippen LogP contribution in [0.3, 0.4) is 0 Å². The summed E-state index contributed by atoms with van der Waals surface area (Å²) in [4.78, 5) is 57.4. The summed E-state index contributed by atoms with van der Waals surface area (Å²) < 4.78 is 63.8. The molecule has 17 nitrogen and oxygen atoms in total.